The van der Waals surface area contributed by atoms with E-state index in [2.05, 4.69) is 33.9 Å². The van der Waals surface area contributed by atoms with E-state index in [4.69, 9.17) is 0 Å². The molecule has 4 heteroatoms. The van der Waals surface area contributed by atoms with Crippen molar-refractivity contribution in [3.05, 3.63) is 18.2 Å². The minimum absolute atomic E-state index is 0.743. The van der Waals surface area contributed by atoms with Gasteiger partial charge in [-0.15, -0.1) is 0 Å². The highest BCUT2D eigenvalue weighted by molar-refractivity contribution is 4.95. The first-order valence-corrected chi connectivity index (χ1v) is 7.14. The van der Waals surface area contributed by atoms with Gasteiger partial charge < -0.3 is 9.88 Å². The minimum Gasteiger partial charge on any atom is -0.337 e. The molecule has 1 aromatic rings. The molecule has 1 N–H and O–H groups in total. The first kappa shape index (κ1) is 12.2. The van der Waals surface area contributed by atoms with Crippen LogP contribution in [0, 0.1) is 5.92 Å². The molecule has 1 aromatic heterocycles. The molecule has 3 rings (SSSR count). The van der Waals surface area contributed by atoms with Crippen molar-refractivity contribution >= 4 is 0 Å². The maximum atomic E-state index is 4.41. The van der Waals surface area contributed by atoms with Crippen molar-refractivity contribution < 1.29 is 0 Å². The maximum Gasteiger partial charge on any atom is 0.122 e. The molecule has 2 atom stereocenters. The van der Waals surface area contributed by atoms with Gasteiger partial charge in [0.1, 0.15) is 5.82 Å². The molecule has 0 spiro atoms. The van der Waals surface area contributed by atoms with Crippen molar-refractivity contribution in [2.24, 2.45) is 13.0 Å². The Balaban J connectivity index is 1.49. The molecule has 18 heavy (non-hydrogen) atoms. The van der Waals surface area contributed by atoms with E-state index in [0.29, 0.717) is 0 Å². The van der Waals surface area contributed by atoms with Gasteiger partial charge in [-0.2, -0.15) is 0 Å². The van der Waals surface area contributed by atoms with E-state index in [1.165, 1.54) is 38.1 Å². The summed E-state index contributed by atoms with van der Waals surface area (Å²) in [4.78, 5) is 6.89. The first-order chi connectivity index (χ1) is 8.74. The number of aromatic nitrogens is 2. The van der Waals surface area contributed by atoms with Crippen LogP contribution >= 0.6 is 0 Å². The van der Waals surface area contributed by atoms with Gasteiger partial charge in [-0.25, -0.2) is 4.98 Å². The van der Waals surface area contributed by atoms with Crippen molar-refractivity contribution in [2.75, 3.05) is 13.6 Å². The van der Waals surface area contributed by atoms with Crippen molar-refractivity contribution in [3.63, 3.8) is 0 Å². The van der Waals surface area contributed by atoms with Crippen molar-refractivity contribution in [1.29, 1.82) is 0 Å². The normalized spacial score (nSPS) is 27.5. The molecule has 4 nitrogen and oxygen atoms in total. The van der Waals surface area contributed by atoms with Crippen molar-refractivity contribution in [2.45, 2.75) is 44.3 Å². The van der Waals surface area contributed by atoms with Gasteiger partial charge in [-0.3, -0.25) is 4.90 Å². The van der Waals surface area contributed by atoms with Crippen LogP contribution in [0.1, 0.15) is 31.5 Å². The summed E-state index contributed by atoms with van der Waals surface area (Å²) in [5, 5.41) is 3.67. The van der Waals surface area contributed by atoms with Gasteiger partial charge in [0.15, 0.2) is 0 Å². The van der Waals surface area contributed by atoms with E-state index in [9.17, 15) is 0 Å². The smallest absolute Gasteiger partial charge is 0.122 e. The highest BCUT2D eigenvalue weighted by Gasteiger charge is 2.35. The molecule has 0 saturated heterocycles. The van der Waals surface area contributed by atoms with Crippen LogP contribution in [-0.2, 0) is 13.6 Å². The molecular weight excluding hydrogens is 224 g/mol. The average Bonchev–Trinajstić information content (AvgIpc) is 3.03. The van der Waals surface area contributed by atoms with E-state index in [-0.39, 0.29) is 0 Å². The van der Waals surface area contributed by atoms with E-state index in [0.717, 1.165) is 24.5 Å². The largest absolute Gasteiger partial charge is 0.337 e. The zero-order valence-electron chi connectivity index (χ0n) is 11.5. The van der Waals surface area contributed by atoms with Crippen LogP contribution in [0.25, 0.3) is 0 Å². The first-order valence-electron chi connectivity index (χ1n) is 7.14. The van der Waals surface area contributed by atoms with E-state index in [1.807, 2.05) is 12.4 Å². The number of nitrogens with one attached hydrogen (secondary N) is 1. The Kier molecular flexibility index (Phi) is 3.39. The summed E-state index contributed by atoms with van der Waals surface area (Å²) in [7, 11) is 4.31. The summed E-state index contributed by atoms with van der Waals surface area (Å²) in [6, 6.07) is 1.58. The Morgan fingerprint density at radius 2 is 2.22 bits per heavy atom. The third-order valence-electron chi connectivity index (χ3n) is 4.50. The Bertz CT molecular complexity index is 396. The number of imidazole rings is 1. The SMILES string of the molecule is CN(Cc1nccn1C)C1CCC1CNC1CC1. The monoisotopic (exact) mass is 248 g/mol. The summed E-state index contributed by atoms with van der Waals surface area (Å²) < 4.78 is 2.12. The second-order valence-corrected chi connectivity index (χ2v) is 5.96. The van der Waals surface area contributed by atoms with E-state index >= 15 is 0 Å². The maximum absolute atomic E-state index is 4.41. The predicted octanol–water partition coefficient (Wildman–Crippen LogP) is 1.38. The van der Waals surface area contributed by atoms with Gasteiger partial charge in [0.25, 0.3) is 0 Å². The highest BCUT2D eigenvalue weighted by Crippen LogP contribution is 2.32. The molecule has 2 aliphatic rings. The number of rotatable bonds is 6. The molecule has 0 aromatic carbocycles. The zero-order valence-corrected chi connectivity index (χ0v) is 11.5. The molecular formula is C14H24N4. The highest BCUT2D eigenvalue weighted by atomic mass is 15.2. The van der Waals surface area contributed by atoms with Crippen LogP contribution in [0.5, 0.6) is 0 Å². The summed E-state index contributed by atoms with van der Waals surface area (Å²) in [5.41, 5.74) is 0. The van der Waals surface area contributed by atoms with Crippen LogP contribution in [0.4, 0.5) is 0 Å². The third kappa shape index (κ3) is 2.59. The molecule has 0 radical (unpaired) electrons. The molecule has 2 unspecified atom stereocenters. The summed E-state index contributed by atoms with van der Waals surface area (Å²) >= 11 is 0. The van der Waals surface area contributed by atoms with Crippen molar-refractivity contribution in [3.8, 4) is 0 Å². The molecule has 0 amide bonds. The number of aryl methyl sites for hydroxylation is 1. The lowest BCUT2D eigenvalue weighted by molar-refractivity contribution is 0.0752. The van der Waals surface area contributed by atoms with Crippen LogP contribution < -0.4 is 5.32 Å². The van der Waals surface area contributed by atoms with Gasteiger partial charge in [0.2, 0.25) is 0 Å². The molecule has 2 saturated carbocycles. The molecule has 100 valence electrons. The van der Waals surface area contributed by atoms with Gasteiger partial charge in [-0.1, -0.05) is 0 Å². The molecule has 0 bridgehead atoms. The average molecular weight is 248 g/mol. The molecule has 1 heterocycles. The minimum atomic E-state index is 0.743. The summed E-state index contributed by atoms with van der Waals surface area (Å²) in [6.07, 6.45) is 9.42. The fourth-order valence-electron chi connectivity index (χ4n) is 2.86. The third-order valence-corrected chi connectivity index (χ3v) is 4.50. The van der Waals surface area contributed by atoms with Crippen molar-refractivity contribution in [1.82, 2.24) is 19.8 Å². The van der Waals surface area contributed by atoms with Gasteiger partial charge in [-0.05, 0) is 45.2 Å². The topological polar surface area (TPSA) is 33.1 Å². The lowest BCUT2D eigenvalue weighted by Crippen LogP contribution is -2.49. The Morgan fingerprint density at radius 1 is 1.39 bits per heavy atom. The van der Waals surface area contributed by atoms with Gasteiger partial charge in [0, 0.05) is 31.5 Å². The number of nitrogens with zero attached hydrogens (tertiary/aromatic N) is 3. The van der Waals surface area contributed by atoms with Gasteiger partial charge >= 0.3 is 0 Å². The van der Waals surface area contributed by atoms with E-state index < -0.39 is 0 Å². The second kappa shape index (κ2) is 5.02. The van der Waals surface area contributed by atoms with E-state index in [1.54, 1.807) is 0 Å². The fraction of sp³-hybridized carbons (Fsp3) is 0.786. The fourth-order valence-corrected chi connectivity index (χ4v) is 2.86. The Morgan fingerprint density at radius 3 is 2.78 bits per heavy atom. The molecule has 2 fully saturated rings. The van der Waals surface area contributed by atoms with Crippen LogP contribution in [0.2, 0.25) is 0 Å². The second-order valence-electron chi connectivity index (χ2n) is 5.96. The lowest BCUT2D eigenvalue weighted by Gasteiger charge is -2.43. The molecule has 0 aliphatic heterocycles. The lowest BCUT2D eigenvalue weighted by atomic mass is 9.78. The standard InChI is InChI=1S/C14H24N4/c1-17-8-7-15-14(17)10-18(2)13-6-3-11(13)9-16-12-4-5-12/h7-8,11-13,16H,3-6,9-10H2,1-2H3. The van der Waals surface area contributed by atoms with Gasteiger partial charge in [0.05, 0.1) is 6.54 Å². The molecule has 2 aliphatic carbocycles. The number of hydrogen-bond donors (Lipinski definition) is 1. The summed E-state index contributed by atoms with van der Waals surface area (Å²) in [5.74, 6) is 2.01. The summed E-state index contributed by atoms with van der Waals surface area (Å²) in [6.45, 7) is 2.17. The Labute approximate surface area is 109 Å². The quantitative estimate of drug-likeness (QED) is 0.826. The Hall–Kier alpha value is -0.870. The van der Waals surface area contributed by atoms with Crippen LogP contribution in [-0.4, -0.2) is 40.1 Å². The van der Waals surface area contributed by atoms with Crippen LogP contribution in [0.15, 0.2) is 12.4 Å². The van der Waals surface area contributed by atoms with Crippen LogP contribution in [0.3, 0.4) is 0 Å². The predicted molar refractivity (Wildman–Crippen MR) is 72.2 cm³/mol. The number of hydrogen-bond acceptors (Lipinski definition) is 3. The zero-order chi connectivity index (χ0) is 12.5.